The molecule has 0 atom stereocenters. The zero-order chi connectivity index (χ0) is 13.7. The van der Waals surface area contributed by atoms with Gasteiger partial charge in [0.25, 0.3) is 0 Å². The van der Waals surface area contributed by atoms with Crippen molar-refractivity contribution >= 4 is 11.6 Å². The molecule has 2 aromatic rings. The van der Waals surface area contributed by atoms with Gasteiger partial charge in [-0.15, -0.1) is 0 Å². The third-order valence-electron chi connectivity index (χ3n) is 2.60. The zero-order valence-corrected chi connectivity index (χ0v) is 10.8. The molecule has 2 aromatic carbocycles. The summed E-state index contributed by atoms with van der Waals surface area (Å²) < 4.78 is 5.70. The molecule has 0 aliphatic rings. The van der Waals surface area contributed by atoms with Crippen molar-refractivity contribution in [3.05, 3.63) is 59.7 Å². The molecule has 0 amide bonds. The Morgan fingerprint density at radius 1 is 1.11 bits per heavy atom. The van der Waals surface area contributed by atoms with Gasteiger partial charge in [-0.1, -0.05) is 35.9 Å². The molecule has 0 aliphatic heterocycles. The fourth-order valence-corrected chi connectivity index (χ4v) is 1.64. The van der Waals surface area contributed by atoms with Gasteiger partial charge in [-0.2, -0.15) is 0 Å². The van der Waals surface area contributed by atoms with Crippen LogP contribution < -0.4 is 16.2 Å². The highest BCUT2D eigenvalue weighted by molar-refractivity contribution is 5.79. The number of hydrogen-bond acceptors (Lipinski definition) is 2. The zero-order valence-electron chi connectivity index (χ0n) is 10.8. The number of aryl methyl sites for hydroxylation is 1. The lowest BCUT2D eigenvalue weighted by atomic mass is 10.2. The number of nitrogens with two attached hydrogens (primary N) is 2. The second-order valence-corrected chi connectivity index (χ2v) is 4.31. The van der Waals surface area contributed by atoms with Crippen LogP contribution in [-0.4, -0.2) is 5.96 Å². The van der Waals surface area contributed by atoms with Gasteiger partial charge in [0.2, 0.25) is 0 Å². The van der Waals surface area contributed by atoms with Gasteiger partial charge in [0, 0.05) is 6.07 Å². The second-order valence-electron chi connectivity index (χ2n) is 4.31. The molecule has 0 saturated carbocycles. The van der Waals surface area contributed by atoms with E-state index in [1.54, 1.807) is 6.07 Å². The van der Waals surface area contributed by atoms with Crippen molar-refractivity contribution in [3.8, 4) is 5.75 Å². The highest BCUT2D eigenvalue weighted by Crippen LogP contribution is 2.20. The molecule has 0 bridgehead atoms. The first kappa shape index (κ1) is 13.0. The van der Waals surface area contributed by atoms with Crippen LogP contribution in [-0.2, 0) is 6.61 Å². The lowest BCUT2D eigenvalue weighted by Crippen LogP contribution is -2.21. The quantitative estimate of drug-likeness (QED) is 0.651. The summed E-state index contributed by atoms with van der Waals surface area (Å²) in [6.07, 6.45) is 0. The number of hydrogen-bond donors (Lipinski definition) is 2. The third-order valence-corrected chi connectivity index (χ3v) is 2.60. The summed E-state index contributed by atoms with van der Waals surface area (Å²) >= 11 is 0. The van der Waals surface area contributed by atoms with Crippen molar-refractivity contribution in [2.24, 2.45) is 16.5 Å². The molecule has 4 N–H and O–H groups in total. The van der Waals surface area contributed by atoms with Gasteiger partial charge in [0.15, 0.2) is 5.96 Å². The van der Waals surface area contributed by atoms with Crippen LogP contribution in [0.4, 0.5) is 5.69 Å². The summed E-state index contributed by atoms with van der Waals surface area (Å²) in [5, 5.41) is 0. The summed E-state index contributed by atoms with van der Waals surface area (Å²) in [7, 11) is 0. The minimum Gasteiger partial charge on any atom is -0.489 e. The number of benzene rings is 2. The van der Waals surface area contributed by atoms with E-state index in [2.05, 4.69) is 36.2 Å². The monoisotopic (exact) mass is 255 g/mol. The molecule has 0 spiro atoms. The average molecular weight is 255 g/mol. The highest BCUT2D eigenvalue weighted by Gasteiger charge is 1.98. The molecule has 98 valence electrons. The fourth-order valence-electron chi connectivity index (χ4n) is 1.64. The first-order valence-corrected chi connectivity index (χ1v) is 6.01. The van der Waals surface area contributed by atoms with E-state index in [0.29, 0.717) is 12.3 Å². The van der Waals surface area contributed by atoms with E-state index in [0.717, 1.165) is 11.3 Å². The van der Waals surface area contributed by atoms with Gasteiger partial charge >= 0.3 is 0 Å². The van der Waals surface area contributed by atoms with E-state index >= 15 is 0 Å². The van der Waals surface area contributed by atoms with Gasteiger partial charge in [0.05, 0.1) is 5.69 Å². The van der Waals surface area contributed by atoms with Crippen LogP contribution in [0.3, 0.4) is 0 Å². The lowest BCUT2D eigenvalue weighted by Gasteiger charge is -2.07. The summed E-state index contributed by atoms with van der Waals surface area (Å²) in [5.41, 5.74) is 13.7. The molecule has 2 rings (SSSR count). The molecule has 0 unspecified atom stereocenters. The smallest absolute Gasteiger partial charge is 0.191 e. The standard InChI is InChI=1S/C15H17N3O/c1-11-5-7-12(8-6-11)10-19-14-4-2-3-13(9-14)18-15(16)17/h2-9H,10H2,1H3,(H4,16,17,18). The Balaban J connectivity index is 2.03. The molecule has 0 aromatic heterocycles. The van der Waals surface area contributed by atoms with Crippen LogP contribution in [0.1, 0.15) is 11.1 Å². The fraction of sp³-hybridized carbons (Fsp3) is 0.133. The van der Waals surface area contributed by atoms with Crippen molar-refractivity contribution in [1.29, 1.82) is 0 Å². The SMILES string of the molecule is Cc1ccc(COc2cccc(N=C(N)N)c2)cc1. The number of rotatable bonds is 4. The maximum atomic E-state index is 5.70. The van der Waals surface area contributed by atoms with Crippen LogP contribution in [0.15, 0.2) is 53.5 Å². The van der Waals surface area contributed by atoms with Gasteiger partial charge in [-0.25, -0.2) is 4.99 Å². The van der Waals surface area contributed by atoms with E-state index in [4.69, 9.17) is 16.2 Å². The largest absolute Gasteiger partial charge is 0.489 e. The molecule has 0 radical (unpaired) electrons. The van der Waals surface area contributed by atoms with Crippen molar-refractivity contribution < 1.29 is 4.74 Å². The maximum absolute atomic E-state index is 5.70. The molecule has 0 saturated heterocycles. The predicted octanol–water partition coefficient (Wildman–Crippen LogP) is 2.48. The van der Waals surface area contributed by atoms with Crippen molar-refractivity contribution in [2.75, 3.05) is 0 Å². The van der Waals surface area contributed by atoms with Gasteiger partial charge in [0.1, 0.15) is 12.4 Å². The van der Waals surface area contributed by atoms with Crippen LogP contribution in [0.5, 0.6) is 5.75 Å². The maximum Gasteiger partial charge on any atom is 0.191 e. The molecule has 0 aliphatic carbocycles. The van der Waals surface area contributed by atoms with E-state index in [1.165, 1.54) is 5.56 Å². The van der Waals surface area contributed by atoms with E-state index in [9.17, 15) is 0 Å². The molecule has 19 heavy (non-hydrogen) atoms. The third kappa shape index (κ3) is 4.03. The lowest BCUT2D eigenvalue weighted by molar-refractivity contribution is 0.306. The van der Waals surface area contributed by atoms with Crippen LogP contribution in [0.2, 0.25) is 0 Å². The Kier molecular flexibility index (Phi) is 4.03. The van der Waals surface area contributed by atoms with Crippen molar-refractivity contribution in [3.63, 3.8) is 0 Å². The molecule has 4 heteroatoms. The topological polar surface area (TPSA) is 73.6 Å². The molecule has 0 heterocycles. The predicted molar refractivity (Wildman–Crippen MR) is 77.4 cm³/mol. The molecular formula is C15H17N3O. The highest BCUT2D eigenvalue weighted by atomic mass is 16.5. The second kappa shape index (κ2) is 5.91. The number of guanidine groups is 1. The number of ether oxygens (including phenoxy) is 1. The van der Waals surface area contributed by atoms with Crippen LogP contribution in [0.25, 0.3) is 0 Å². The van der Waals surface area contributed by atoms with Crippen LogP contribution in [0, 0.1) is 6.92 Å². The normalized spacial score (nSPS) is 9.95. The Morgan fingerprint density at radius 2 is 1.84 bits per heavy atom. The Morgan fingerprint density at radius 3 is 2.53 bits per heavy atom. The Labute approximate surface area is 112 Å². The first-order chi connectivity index (χ1) is 9.13. The van der Waals surface area contributed by atoms with Crippen molar-refractivity contribution in [1.82, 2.24) is 0 Å². The number of aliphatic imine (C=N–C) groups is 1. The summed E-state index contributed by atoms with van der Waals surface area (Å²) in [6.45, 7) is 2.58. The molecule has 0 fully saturated rings. The van der Waals surface area contributed by atoms with Crippen molar-refractivity contribution in [2.45, 2.75) is 13.5 Å². The van der Waals surface area contributed by atoms with Gasteiger partial charge in [-0.05, 0) is 24.6 Å². The van der Waals surface area contributed by atoms with E-state index in [-0.39, 0.29) is 5.96 Å². The summed E-state index contributed by atoms with van der Waals surface area (Å²) in [4.78, 5) is 3.98. The molecular weight excluding hydrogens is 238 g/mol. The van der Waals surface area contributed by atoms with E-state index in [1.807, 2.05) is 18.2 Å². The van der Waals surface area contributed by atoms with Gasteiger partial charge < -0.3 is 16.2 Å². The van der Waals surface area contributed by atoms with Crippen LogP contribution >= 0.6 is 0 Å². The average Bonchev–Trinajstić information content (AvgIpc) is 2.38. The minimum absolute atomic E-state index is 0.0377. The minimum atomic E-state index is 0.0377. The summed E-state index contributed by atoms with van der Waals surface area (Å²) in [6, 6.07) is 15.6. The van der Waals surface area contributed by atoms with E-state index < -0.39 is 0 Å². The first-order valence-electron chi connectivity index (χ1n) is 6.01. The summed E-state index contributed by atoms with van der Waals surface area (Å²) in [5.74, 6) is 0.777. The Hall–Kier alpha value is -2.49. The molecule has 4 nitrogen and oxygen atoms in total. The number of nitrogens with zero attached hydrogens (tertiary/aromatic N) is 1. The Bertz CT molecular complexity index is 572. The van der Waals surface area contributed by atoms with Gasteiger partial charge in [-0.3, -0.25) is 0 Å².